The lowest BCUT2D eigenvalue weighted by molar-refractivity contribution is -0.122. The number of carbonyl (C=O) groups excluding carboxylic acids is 2. The van der Waals surface area contributed by atoms with Crippen molar-refractivity contribution in [1.82, 2.24) is 20.1 Å². The van der Waals surface area contributed by atoms with Gasteiger partial charge in [-0.2, -0.15) is 0 Å². The minimum atomic E-state index is -0.201. The highest BCUT2D eigenvalue weighted by atomic mass is 32.2. The molecule has 6 rings (SSSR count). The molecular formula is C31H31N5O5S4. The van der Waals surface area contributed by atoms with E-state index in [0.29, 0.717) is 44.0 Å². The zero-order chi connectivity index (χ0) is 31.2. The van der Waals surface area contributed by atoms with Crippen LogP contribution in [-0.2, 0) is 15.3 Å². The van der Waals surface area contributed by atoms with Crippen molar-refractivity contribution in [3.63, 3.8) is 0 Å². The fourth-order valence-corrected chi connectivity index (χ4v) is 7.94. The Labute approximate surface area is 278 Å². The van der Waals surface area contributed by atoms with Gasteiger partial charge in [0.05, 0.1) is 23.9 Å². The molecule has 14 heteroatoms. The van der Waals surface area contributed by atoms with Crippen molar-refractivity contribution >= 4 is 85.5 Å². The smallest absolute Gasteiger partial charge is 0.266 e. The third-order valence-corrected chi connectivity index (χ3v) is 10.5. The molecule has 234 valence electrons. The van der Waals surface area contributed by atoms with Crippen molar-refractivity contribution < 1.29 is 23.5 Å². The summed E-state index contributed by atoms with van der Waals surface area (Å²) in [5.74, 6) is 1.51. The first kappa shape index (κ1) is 31.5. The Bertz CT molecular complexity index is 1700. The van der Waals surface area contributed by atoms with E-state index in [1.54, 1.807) is 12.0 Å². The summed E-state index contributed by atoms with van der Waals surface area (Å²) in [7, 11) is 1.62. The number of para-hydroxylation sites is 2. The van der Waals surface area contributed by atoms with Crippen molar-refractivity contribution in [3.05, 3.63) is 57.9 Å². The molecule has 0 atom stereocenters. The maximum absolute atomic E-state index is 13.2. The fraction of sp³-hybridized carbons (Fsp3) is 0.355. The Hall–Kier alpha value is -3.46. The number of thiocarbonyl (C=S) groups is 1. The fourth-order valence-electron chi connectivity index (χ4n) is 5.06. The van der Waals surface area contributed by atoms with E-state index in [0.717, 1.165) is 40.3 Å². The van der Waals surface area contributed by atoms with Crippen LogP contribution in [0.25, 0.3) is 17.2 Å². The Balaban J connectivity index is 0.966. The third-order valence-electron chi connectivity index (χ3n) is 7.30. The number of rotatable bonds is 12. The first-order valence-electron chi connectivity index (χ1n) is 14.7. The zero-order valence-electron chi connectivity index (χ0n) is 24.5. The van der Waals surface area contributed by atoms with Gasteiger partial charge in [-0.15, -0.1) is 10.2 Å². The predicted octanol–water partition coefficient (Wildman–Crippen LogP) is 7.31. The summed E-state index contributed by atoms with van der Waals surface area (Å²) >= 11 is 9.47. The Morgan fingerprint density at radius 3 is 2.84 bits per heavy atom. The van der Waals surface area contributed by atoms with E-state index in [1.807, 2.05) is 48.5 Å². The molecule has 0 bridgehead atoms. The van der Waals surface area contributed by atoms with E-state index in [1.165, 1.54) is 54.1 Å². The van der Waals surface area contributed by atoms with Gasteiger partial charge in [-0.25, -0.2) is 4.98 Å². The molecule has 2 amide bonds. The molecule has 2 aromatic carbocycles. The quantitative estimate of drug-likeness (QED) is 0.0921. The molecule has 2 aliphatic rings. The number of nitrogens with zero attached hydrogens (tertiary/aromatic N) is 4. The summed E-state index contributed by atoms with van der Waals surface area (Å²) in [5, 5.41) is 12.7. The van der Waals surface area contributed by atoms with Crippen LogP contribution in [0, 0.1) is 0 Å². The molecule has 45 heavy (non-hydrogen) atoms. The number of aromatic nitrogens is 3. The van der Waals surface area contributed by atoms with E-state index >= 15 is 0 Å². The highest BCUT2D eigenvalue weighted by Gasteiger charge is 2.32. The molecule has 0 unspecified atom stereocenters. The first-order valence-corrected chi connectivity index (χ1v) is 17.7. The summed E-state index contributed by atoms with van der Waals surface area (Å²) in [5.41, 5.74) is 2.36. The number of nitrogens with one attached hydrogen (secondary N) is 1. The van der Waals surface area contributed by atoms with Crippen LogP contribution in [-0.4, -0.2) is 56.0 Å². The van der Waals surface area contributed by atoms with Crippen LogP contribution in [0.1, 0.15) is 55.5 Å². The molecule has 10 nitrogen and oxygen atoms in total. The van der Waals surface area contributed by atoms with E-state index in [-0.39, 0.29) is 24.3 Å². The van der Waals surface area contributed by atoms with Gasteiger partial charge in [0.15, 0.2) is 17.1 Å². The molecule has 2 aromatic heterocycles. The molecule has 1 aliphatic carbocycles. The molecule has 1 aliphatic heterocycles. The largest absolute Gasteiger partial charge is 0.493 e. The van der Waals surface area contributed by atoms with Gasteiger partial charge in [0.1, 0.15) is 14.8 Å². The van der Waals surface area contributed by atoms with Gasteiger partial charge < -0.3 is 19.2 Å². The summed E-state index contributed by atoms with van der Waals surface area (Å²) in [6.45, 7) is 0.343. The van der Waals surface area contributed by atoms with Crippen molar-refractivity contribution in [2.75, 3.05) is 19.0 Å². The number of benzene rings is 2. The topological polar surface area (TPSA) is 120 Å². The number of carbonyl (C=O) groups is 2. The Kier molecular flexibility index (Phi) is 10.3. The van der Waals surface area contributed by atoms with E-state index in [2.05, 4.69) is 20.5 Å². The van der Waals surface area contributed by atoms with Gasteiger partial charge in [0.2, 0.25) is 11.0 Å². The summed E-state index contributed by atoms with van der Waals surface area (Å²) in [6.07, 6.45) is 8.43. The van der Waals surface area contributed by atoms with Crippen molar-refractivity contribution in [3.8, 4) is 11.5 Å². The molecule has 1 saturated carbocycles. The molecular weight excluding hydrogens is 651 g/mol. The number of hydrogen-bond donors (Lipinski definition) is 1. The Morgan fingerprint density at radius 1 is 1.18 bits per heavy atom. The molecule has 0 spiro atoms. The van der Waals surface area contributed by atoms with Crippen LogP contribution < -0.4 is 14.8 Å². The Morgan fingerprint density at radius 2 is 2.02 bits per heavy atom. The average Bonchev–Trinajstić information content (AvgIpc) is 3.75. The van der Waals surface area contributed by atoms with Gasteiger partial charge >= 0.3 is 0 Å². The molecule has 1 N–H and O–H groups in total. The van der Waals surface area contributed by atoms with Crippen molar-refractivity contribution in [2.24, 2.45) is 0 Å². The third kappa shape index (κ3) is 8.04. The van der Waals surface area contributed by atoms with Gasteiger partial charge in [0, 0.05) is 13.0 Å². The van der Waals surface area contributed by atoms with Gasteiger partial charge in [-0.3, -0.25) is 14.5 Å². The number of methoxy groups -OCH3 is 1. The first-order chi connectivity index (χ1) is 21.9. The van der Waals surface area contributed by atoms with E-state index in [4.69, 9.17) is 26.1 Å². The number of amides is 2. The van der Waals surface area contributed by atoms with Crippen LogP contribution in [0.2, 0.25) is 0 Å². The van der Waals surface area contributed by atoms with Crippen LogP contribution in [0.3, 0.4) is 0 Å². The average molecular weight is 682 g/mol. The van der Waals surface area contributed by atoms with Crippen molar-refractivity contribution in [2.45, 2.75) is 62.0 Å². The van der Waals surface area contributed by atoms with Gasteiger partial charge in [-0.05, 0) is 68.0 Å². The SMILES string of the molecule is COc1cc(/C=C2\SC(=S)N(CCCC(=O)Nc3nnc(CSc4nc5ccccc5o4)s3)C2=O)ccc1OC1CCCCC1. The van der Waals surface area contributed by atoms with Crippen LogP contribution >= 0.6 is 47.1 Å². The maximum Gasteiger partial charge on any atom is 0.266 e. The van der Waals surface area contributed by atoms with Gasteiger partial charge in [0.25, 0.3) is 11.1 Å². The molecule has 2 fully saturated rings. The van der Waals surface area contributed by atoms with E-state index in [9.17, 15) is 9.59 Å². The van der Waals surface area contributed by atoms with Crippen LogP contribution in [0.4, 0.5) is 5.13 Å². The highest BCUT2D eigenvalue weighted by Crippen LogP contribution is 2.36. The number of ether oxygens (including phenoxy) is 2. The minimum Gasteiger partial charge on any atom is -0.493 e. The number of oxazole rings is 1. The highest BCUT2D eigenvalue weighted by molar-refractivity contribution is 8.26. The number of anilines is 1. The molecule has 1 saturated heterocycles. The van der Waals surface area contributed by atoms with E-state index < -0.39 is 0 Å². The van der Waals surface area contributed by atoms with Crippen molar-refractivity contribution in [1.29, 1.82) is 0 Å². The maximum atomic E-state index is 13.2. The normalized spacial score (nSPS) is 16.6. The molecule has 3 heterocycles. The second-order valence-electron chi connectivity index (χ2n) is 10.5. The second kappa shape index (κ2) is 14.8. The minimum absolute atomic E-state index is 0.169. The zero-order valence-corrected chi connectivity index (χ0v) is 27.8. The molecule has 0 radical (unpaired) electrons. The lowest BCUT2D eigenvalue weighted by Gasteiger charge is -2.24. The number of fused-ring (bicyclic) bond motifs is 1. The van der Waals surface area contributed by atoms with Crippen LogP contribution in [0.15, 0.2) is 57.0 Å². The summed E-state index contributed by atoms with van der Waals surface area (Å²) < 4.78 is 18.0. The number of hydrogen-bond acceptors (Lipinski definition) is 12. The lowest BCUT2D eigenvalue weighted by Crippen LogP contribution is -2.29. The summed E-state index contributed by atoms with van der Waals surface area (Å²) in [4.78, 5) is 32.3. The van der Waals surface area contributed by atoms with Gasteiger partial charge in [-0.1, -0.05) is 71.7 Å². The van der Waals surface area contributed by atoms with Crippen LogP contribution in [0.5, 0.6) is 11.5 Å². The molecule has 4 aromatic rings. The number of thioether (sulfide) groups is 2. The second-order valence-corrected chi connectivity index (χ2v) is 14.2. The summed E-state index contributed by atoms with van der Waals surface area (Å²) in [6, 6.07) is 13.3. The monoisotopic (exact) mass is 681 g/mol. The lowest BCUT2D eigenvalue weighted by atomic mass is 9.98. The predicted molar refractivity (Wildman–Crippen MR) is 182 cm³/mol. The standard InChI is InChI=1S/C31H31N5O5S4/c1-39-24-16-19(13-14-23(24)40-20-8-3-2-4-9-20)17-25-28(38)36(31(42)44-25)15-7-12-26(37)33-29-35-34-27(45-29)18-43-30-32-21-10-5-6-11-22(21)41-30/h5-6,10-11,13-14,16-17,20H,2-4,7-9,12,15,18H2,1H3,(H,33,35,37)/b25-17-.